The summed E-state index contributed by atoms with van der Waals surface area (Å²) in [6.45, 7) is -0.775. The van der Waals surface area contributed by atoms with Crippen LogP contribution in [0.1, 0.15) is 6.23 Å². The SMILES string of the molecule is Cn1c(=O)ccn([C@@H]2O[C@H](COP(=O)(O)CP(=O)(O)O)C(O)[C@@H]2O)c1=O. The van der Waals surface area contributed by atoms with Gasteiger partial charge in [-0.25, -0.2) is 4.79 Å². The molecule has 1 fully saturated rings. The van der Waals surface area contributed by atoms with Gasteiger partial charge in [0.05, 0.1) is 6.61 Å². The van der Waals surface area contributed by atoms with Crippen molar-refractivity contribution in [1.82, 2.24) is 9.13 Å². The molecule has 2 unspecified atom stereocenters. The van der Waals surface area contributed by atoms with Gasteiger partial charge >= 0.3 is 20.9 Å². The van der Waals surface area contributed by atoms with Crippen molar-refractivity contribution in [3.05, 3.63) is 33.1 Å². The van der Waals surface area contributed by atoms with E-state index in [1.165, 1.54) is 7.05 Å². The minimum absolute atomic E-state index is 0.599. The largest absolute Gasteiger partial charge is 0.387 e. The molecule has 0 bridgehead atoms. The Hall–Kier alpha value is -1.14. The molecule has 0 radical (unpaired) electrons. The molecule has 1 aliphatic heterocycles. The molecule has 0 amide bonds. The first-order chi connectivity index (χ1) is 11.8. The summed E-state index contributed by atoms with van der Waals surface area (Å²) in [6, 6.07) is 1.04. The molecule has 1 aromatic heterocycles. The normalized spacial score (nSPS) is 28.8. The summed E-state index contributed by atoms with van der Waals surface area (Å²) < 4.78 is 33.8. The zero-order valence-corrected chi connectivity index (χ0v) is 15.1. The second-order valence-electron chi connectivity index (χ2n) is 5.69. The zero-order chi connectivity index (χ0) is 19.9. The summed E-state index contributed by atoms with van der Waals surface area (Å²) in [5.74, 6) is -1.42. The first-order valence-electron chi connectivity index (χ1n) is 7.13. The van der Waals surface area contributed by atoms with Crippen molar-refractivity contribution in [2.75, 3.05) is 12.5 Å². The Bertz CT molecular complexity index is 874. The third kappa shape index (κ3) is 4.77. The molecular formula is C11H18N2O11P2. The van der Waals surface area contributed by atoms with Gasteiger partial charge in [0.25, 0.3) is 5.56 Å². The highest BCUT2D eigenvalue weighted by Gasteiger charge is 2.45. The quantitative estimate of drug-likeness (QED) is 0.307. The van der Waals surface area contributed by atoms with Crippen LogP contribution in [-0.2, 0) is 25.4 Å². The van der Waals surface area contributed by atoms with E-state index in [4.69, 9.17) is 14.5 Å². The lowest BCUT2D eigenvalue weighted by Crippen LogP contribution is -2.41. The van der Waals surface area contributed by atoms with Gasteiger partial charge in [-0.1, -0.05) is 0 Å². The Labute approximate surface area is 145 Å². The molecule has 15 heteroatoms. The highest BCUT2D eigenvalue weighted by molar-refractivity contribution is 7.70. The lowest BCUT2D eigenvalue weighted by atomic mass is 10.1. The third-order valence-corrected chi connectivity index (χ3v) is 7.09. The van der Waals surface area contributed by atoms with Crippen LogP contribution in [0.15, 0.2) is 21.9 Å². The minimum atomic E-state index is -4.82. The Morgan fingerprint density at radius 3 is 2.38 bits per heavy atom. The van der Waals surface area contributed by atoms with E-state index in [-0.39, 0.29) is 0 Å². The second-order valence-corrected chi connectivity index (χ2v) is 9.68. The molecule has 5 atom stereocenters. The molecule has 26 heavy (non-hydrogen) atoms. The third-order valence-electron chi connectivity index (χ3n) is 3.63. The average molecular weight is 416 g/mol. The maximum absolute atomic E-state index is 12.1. The fraction of sp³-hybridized carbons (Fsp3) is 0.636. The van der Waals surface area contributed by atoms with E-state index in [2.05, 4.69) is 4.52 Å². The number of aliphatic hydroxyl groups excluding tert-OH is 2. The van der Waals surface area contributed by atoms with Gasteiger partial charge in [0.2, 0.25) is 0 Å². The molecule has 2 heterocycles. The second kappa shape index (κ2) is 7.47. The maximum atomic E-state index is 12.1. The molecule has 1 aromatic rings. The lowest BCUT2D eigenvalue weighted by molar-refractivity contribution is -0.0529. The van der Waals surface area contributed by atoms with Crippen molar-refractivity contribution in [3.63, 3.8) is 0 Å². The van der Waals surface area contributed by atoms with E-state index in [0.29, 0.717) is 0 Å². The number of aromatic nitrogens is 2. The molecule has 148 valence electrons. The smallest absolute Gasteiger partial charge is 0.340 e. The molecule has 0 saturated carbocycles. The van der Waals surface area contributed by atoms with Crippen LogP contribution in [0.25, 0.3) is 0 Å². The van der Waals surface area contributed by atoms with Gasteiger partial charge in [-0.2, -0.15) is 0 Å². The van der Waals surface area contributed by atoms with Gasteiger partial charge in [-0.3, -0.25) is 23.1 Å². The van der Waals surface area contributed by atoms with Crippen LogP contribution < -0.4 is 11.2 Å². The summed E-state index contributed by atoms with van der Waals surface area (Å²) in [7, 11) is -8.30. The summed E-state index contributed by atoms with van der Waals surface area (Å²) in [5.41, 5.74) is -1.43. The van der Waals surface area contributed by atoms with Crippen LogP contribution in [0.2, 0.25) is 0 Å². The topological polar surface area (TPSA) is 198 Å². The summed E-state index contributed by atoms with van der Waals surface area (Å²) in [6.07, 6.45) is -4.97. The molecule has 0 spiro atoms. The summed E-state index contributed by atoms with van der Waals surface area (Å²) >= 11 is 0. The molecule has 13 nitrogen and oxygen atoms in total. The van der Waals surface area contributed by atoms with Gasteiger partial charge in [-0.15, -0.1) is 0 Å². The molecule has 0 aliphatic carbocycles. The van der Waals surface area contributed by atoms with Crippen LogP contribution in [0.4, 0.5) is 0 Å². The highest BCUT2D eigenvalue weighted by Crippen LogP contribution is 2.55. The van der Waals surface area contributed by atoms with Crippen molar-refractivity contribution < 1.29 is 43.3 Å². The standard InChI is InChI=1S/C11H18N2O11P2/c1-12-7(14)2-3-13(11(12)17)10-9(16)8(15)6(24-10)4-23-26(21,22)5-25(18,19)20/h2-3,6,8-10,15-16H,4-5H2,1H3,(H,21,22)(H2,18,19,20)/t6-,8?,9+,10-/m1/s1. The van der Waals surface area contributed by atoms with E-state index >= 15 is 0 Å². The number of aliphatic hydroxyl groups is 2. The van der Waals surface area contributed by atoms with E-state index in [1.807, 2.05) is 0 Å². The molecule has 1 saturated heterocycles. The van der Waals surface area contributed by atoms with Crippen molar-refractivity contribution in [3.8, 4) is 0 Å². The number of hydrogen-bond acceptors (Lipinski definition) is 8. The van der Waals surface area contributed by atoms with Gasteiger partial charge in [0.15, 0.2) is 12.1 Å². The number of ether oxygens (including phenoxy) is 1. The van der Waals surface area contributed by atoms with Crippen LogP contribution >= 0.6 is 15.2 Å². The lowest BCUT2D eigenvalue weighted by Gasteiger charge is -2.18. The molecule has 2 rings (SSSR count). The van der Waals surface area contributed by atoms with Crippen LogP contribution in [0, 0.1) is 0 Å². The fourth-order valence-corrected chi connectivity index (χ4v) is 4.91. The summed E-state index contributed by atoms with van der Waals surface area (Å²) in [5, 5.41) is 20.0. The Morgan fingerprint density at radius 2 is 1.81 bits per heavy atom. The fourth-order valence-electron chi connectivity index (χ4n) is 2.34. The number of hydrogen-bond donors (Lipinski definition) is 5. The minimum Gasteiger partial charge on any atom is -0.387 e. The average Bonchev–Trinajstić information content (AvgIpc) is 2.77. The Morgan fingerprint density at radius 1 is 1.19 bits per heavy atom. The van der Waals surface area contributed by atoms with Gasteiger partial charge in [0.1, 0.15) is 18.3 Å². The van der Waals surface area contributed by atoms with Crippen molar-refractivity contribution in [1.29, 1.82) is 0 Å². The molecule has 5 N–H and O–H groups in total. The van der Waals surface area contributed by atoms with E-state index in [1.54, 1.807) is 0 Å². The molecule has 0 aromatic carbocycles. The zero-order valence-electron chi connectivity index (χ0n) is 13.4. The van der Waals surface area contributed by atoms with Gasteiger partial charge in [-0.05, 0) is 0 Å². The molecule has 1 aliphatic rings. The van der Waals surface area contributed by atoms with Crippen molar-refractivity contribution in [2.24, 2.45) is 7.05 Å². The van der Waals surface area contributed by atoms with Crippen LogP contribution in [0.5, 0.6) is 0 Å². The predicted octanol–water partition coefficient (Wildman–Crippen LogP) is -2.50. The Balaban J connectivity index is 2.14. The van der Waals surface area contributed by atoms with Crippen molar-refractivity contribution >= 4 is 15.2 Å². The molecular weight excluding hydrogens is 398 g/mol. The van der Waals surface area contributed by atoms with Crippen molar-refractivity contribution in [2.45, 2.75) is 24.5 Å². The number of nitrogens with zero attached hydrogens (tertiary/aromatic N) is 2. The predicted molar refractivity (Wildman–Crippen MR) is 84.6 cm³/mol. The van der Waals surface area contributed by atoms with E-state index < -0.39 is 63.5 Å². The van der Waals surface area contributed by atoms with E-state index in [9.17, 15) is 33.8 Å². The van der Waals surface area contributed by atoms with E-state index in [0.717, 1.165) is 21.4 Å². The van der Waals surface area contributed by atoms with Crippen LogP contribution in [-0.4, -0.2) is 64.8 Å². The maximum Gasteiger partial charge on any atom is 0.340 e. The Kier molecular flexibility index (Phi) is 6.08. The van der Waals surface area contributed by atoms with Gasteiger partial charge in [0, 0.05) is 19.3 Å². The van der Waals surface area contributed by atoms with Gasteiger partial charge < -0.3 is 34.2 Å². The highest BCUT2D eigenvalue weighted by atomic mass is 31.2. The monoisotopic (exact) mass is 416 g/mol. The number of rotatable bonds is 6. The first-order valence-corrected chi connectivity index (χ1v) is 10.7. The summed E-state index contributed by atoms with van der Waals surface area (Å²) in [4.78, 5) is 50.3. The van der Waals surface area contributed by atoms with Crippen LogP contribution in [0.3, 0.4) is 0 Å². The first kappa shape index (κ1) is 21.2.